The second kappa shape index (κ2) is 7.41. The van der Waals surface area contributed by atoms with E-state index in [1.807, 2.05) is 0 Å². The highest BCUT2D eigenvalue weighted by molar-refractivity contribution is 14.0. The molecule has 0 aromatic rings. The van der Waals surface area contributed by atoms with Crippen molar-refractivity contribution in [2.75, 3.05) is 27.2 Å². The van der Waals surface area contributed by atoms with E-state index in [1.54, 1.807) is 0 Å². The van der Waals surface area contributed by atoms with Crippen molar-refractivity contribution in [2.45, 2.75) is 45.2 Å². The molecule has 0 amide bonds. The third-order valence-electron chi connectivity index (χ3n) is 3.10. The summed E-state index contributed by atoms with van der Waals surface area (Å²) in [6.45, 7) is 8.23. The summed E-state index contributed by atoms with van der Waals surface area (Å²) in [7, 11) is 4.19. The summed E-state index contributed by atoms with van der Waals surface area (Å²) in [5.74, 6) is 0.958. The molecule has 2 N–H and O–H groups in total. The normalized spacial score (nSPS) is 16.7. The standard InChI is InChI=1S/C12H26N4.HI/c1-6-13-11(15-10-7-8-10)14-9-12(2,3)16(4)5;/h10H,6-9H2,1-5H3,(H2,13,14,15);1H. The van der Waals surface area contributed by atoms with Crippen molar-refractivity contribution in [3.05, 3.63) is 0 Å². The third kappa shape index (κ3) is 6.45. The minimum Gasteiger partial charge on any atom is -0.357 e. The molecule has 1 saturated carbocycles. The van der Waals surface area contributed by atoms with Crippen LogP contribution >= 0.6 is 24.0 Å². The molecule has 1 aliphatic carbocycles. The summed E-state index contributed by atoms with van der Waals surface area (Å²) in [5, 5.41) is 6.71. The molecule has 0 bridgehead atoms. The molecule has 102 valence electrons. The molecular formula is C12H27IN4. The SMILES string of the molecule is CCNC(=NCC(C)(C)N(C)C)NC1CC1.I. The van der Waals surface area contributed by atoms with Crippen LogP contribution in [0.4, 0.5) is 0 Å². The van der Waals surface area contributed by atoms with Crippen molar-refractivity contribution in [3.63, 3.8) is 0 Å². The Morgan fingerprint density at radius 2 is 1.94 bits per heavy atom. The van der Waals surface area contributed by atoms with Gasteiger partial charge in [-0.15, -0.1) is 24.0 Å². The fourth-order valence-corrected chi connectivity index (χ4v) is 1.15. The molecule has 0 atom stereocenters. The fourth-order valence-electron chi connectivity index (χ4n) is 1.15. The first kappa shape index (κ1) is 17.0. The molecule has 0 saturated heterocycles. The molecule has 0 unspecified atom stereocenters. The number of rotatable bonds is 5. The molecule has 0 aromatic heterocycles. The van der Waals surface area contributed by atoms with Gasteiger partial charge in [0.2, 0.25) is 0 Å². The number of likely N-dealkylation sites (N-methyl/N-ethyl adjacent to an activating group) is 1. The maximum Gasteiger partial charge on any atom is 0.191 e. The molecule has 1 fully saturated rings. The minimum absolute atomic E-state index is 0. The van der Waals surface area contributed by atoms with Gasteiger partial charge in [0.05, 0.1) is 6.54 Å². The fraction of sp³-hybridized carbons (Fsp3) is 0.917. The van der Waals surface area contributed by atoms with Crippen molar-refractivity contribution in [1.82, 2.24) is 15.5 Å². The zero-order valence-electron chi connectivity index (χ0n) is 11.7. The predicted molar refractivity (Wildman–Crippen MR) is 85.3 cm³/mol. The van der Waals surface area contributed by atoms with Crippen LogP contribution in [0.25, 0.3) is 0 Å². The third-order valence-corrected chi connectivity index (χ3v) is 3.10. The van der Waals surface area contributed by atoms with Crippen LogP contribution in [0.1, 0.15) is 33.6 Å². The minimum atomic E-state index is 0. The first-order chi connectivity index (χ1) is 7.45. The van der Waals surface area contributed by atoms with E-state index in [0.717, 1.165) is 19.0 Å². The quantitative estimate of drug-likeness (QED) is 0.448. The maximum absolute atomic E-state index is 4.64. The van der Waals surface area contributed by atoms with Gasteiger partial charge in [-0.25, -0.2) is 0 Å². The van der Waals surface area contributed by atoms with Crippen LogP contribution in [0, 0.1) is 0 Å². The average molecular weight is 354 g/mol. The topological polar surface area (TPSA) is 39.7 Å². The smallest absolute Gasteiger partial charge is 0.191 e. The Kier molecular flexibility index (Phi) is 7.39. The summed E-state index contributed by atoms with van der Waals surface area (Å²) in [4.78, 5) is 6.84. The number of nitrogens with zero attached hydrogens (tertiary/aromatic N) is 2. The highest BCUT2D eigenvalue weighted by Crippen LogP contribution is 2.18. The van der Waals surface area contributed by atoms with Crippen LogP contribution in [-0.2, 0) is 0 Å². The lowest BCUT2D eigenvalue weighted by atomic mass is 10.1. The van der Waals surface area contributed by atoms with E-state index >= 15 is 0 Å². The first-order valence-electron chi connectivity index (χ1n) is 6.18. The van der Waals surface area contributed by atoms with Crippen molar-refractivity contribution in [1.29, 1.82) is 0 Å². The molecule has 0 aliphatic heterocycles. The molecule has 1 rings (SSSR count). The zero-order valence-corrected chi connectivity index (χ0v) is 14.0. The Morgan fingerprint density at radius 3 is 2.35 bits per heavy atom. The summed E-state index contributed by atoms with van der Waals surface area (Å²) >= 11 is 0. The Hall–Kier alpha value is -0.0400. The summed E-state index contributed by atoms with van der Waals surface area (Å²) < 4.78 is 0. The molecule has 0 spiro atoms. The van der Waals surface area contributed by atoms with Crippen molar-refractivity contribution < 1.29 is 0 Å². The lowest BCUT2D eigenvalue weighted by Gasteiger charge is -2.31. The van der Waals surface area contributed by atoms with Crippen molar-refractivity contribution in [3.8, 4) is 0 Å². The van der Waals surface area contributed by atoms with E-state index in [-0.39, 0.29) is 29.5 Å². The molecule has 0 radical (unpaired) electrons. The Labute approximate surface area is 123 Å². The number of guanidine groups is 1. The van der Waals surface area contributed by atoms with Gasteiger partial charge >= 0.3 is 0 Å². The Bertz CT molecular complexity index is 247. The van der Waals surface area contributed by atoms with Crippen molar-refractivity contribution in [2.24, 2.45) is 4.99 Å². The van der Waals surface area contributed by atoms with E-state index < -0.39 is 0 Å². The molecule has 0 heterocycles. The van der Waals surface area contributed by atoms with Gasteiger partial charge in [0.15, 0.2) is 5.96 Å². The van der Waals surface area contributed by atoms with E-state index in [9.17, 15) is 0 Å². The van der Waals surface area contributed by atoms with Gasteiger partial charge < -0.3 is 15.5 Å². The van der Waals surface area contributed by atoms with Gasteiger partial charge in [0, 0.05) is 18.1 Å². The van der Waals surface area contributed by atoms with Gasteiger partial charge in [0.1, 0.15) is 0 Å². The lowest BCUT2D eigenvalue weighted by Crippen LogP contribution is -2.44. The summed E-state index contributed by atoms with van der Waals surface area (Å²) in [6.07, 6.45) is 2.56. The molecule has 17 heavy (non-hydrogen) atoms. The van der Waals surface area contributed by atoms with Crippen LogP contribution in [-0.4, -0.2) is 49.6 Å². The van der Waals surface area contributed by atoms with Crippen molar-refractivity contribution >= 4 is 29.9 Å². The number of hydrogen-bond donors (Lipinski definition) is 2. The van der Waals surface area contributed by atoms with E-state index in [4.69, 9.17) is 0 Å². The number of nitrogens with one attached hydrogen (secondary N) is 2. The van der Waals surface area contributed by atoms with Crippen LogP contribution in [0.3, 0.4) is 0 Å². The Morgan fingerprint density at radius 1 is 1.35 bits per heavy atom. The highest BCUT2D eigenvalue weighted by atomic mass is 127. The largest absolute Gasteiger partial charge is 0.357 e. The molecule has 1 aliphatic rings. The van der Waals surface area contributed by atoms with Crippen LogP contribution < -0.4 is 10.6 Å². The predicted octanol–water partition coefficient (Wildman–Crippen LogP) is 1.66. The second-order valence-electron chi connectivity index (χ2n) is 5.32. The molecule has 5 heteroatoms. The lowest BCUT2D eigenvalue weighted by molar-refractivity contribution is 0.204. The monoisotopic (exact) mass is 354 g/mol. The summed E-state index contributed by atoms with van der Waals surface area (Å²) in [6, 6.07) is 0.653. The first-order valence-corrected chi connectivity index (χ1v) is 6.18. The van der Waals surface area contributed by atoms with Crippen LogP contribution in [0.2, 0.25) is 0 Å². The maximum atomic E-state index is 4.64. The van der Waals surface area contributed by atoms with Crippen LogP contribution in [0.15, 0.2) is 4.99 Å². The van der Waals surface area contributed by atoms with E-state index in [2.05, 4.69) is 55.4 Å². The van der Waals surface area contributed by atoms with Gasteiger partial charge in [-0.05, 0) is 47.7 Å². The number of aliphatic imine (C=N–C) groups is 1. The average Bonchev–Trinajstić information content (AvgIpc) is 2.98. The second-order valence-corrected chi connectivity index (χ2v) is 5.32. The molecule has 0 aromatic carbocycles. The van der Waals surface area contributed by atoms with Gasteiger partial charge in [0.25, 0.3) is 0 Å². The molecular weight excluding hydrogens is 327 g/mol. The highest BCUT2D eigenvalue weighted by Gasteiger charge is 2.23. The Balaban J connectivity index is 0.00000256. The number of hydrogen-bond acceptors (Lipinski definition) is 2. The van der Waals surface area contributed by atoms with E-state index in [0.29, 0.717) is 6.04 Å². The van der Waals surface area contributed by atoms with Gasteiger partial charge in [-0.1, -0.05) is 0 Å². The number of halogens is 1. The summed E-state index contributed by atoms with van der Waals surface area (Å²) in [5.41, 5.74) is 0.103. The molecule has 4 nitrogen and oxygen atoms in total. The van der Waals surface area contributed by atoms with Gasteiger partial charge in [-0.3, -0.25) is 4.99 Å². The van der Waals surface area contributed by atoms with Gasteiger partial charge in [-0.2, -0.15) is 0 Å². The van der Waals surface area contributed by atoms with Crippen LogP contribution in [0.5, 0.6) is 0 Å². The zero-order chi connectivity index (χ0) is 12.2. The van der Waals surface area contributed by atoms with E-state index in [1.165, 1.54) is 12.8 Å².